The van der Waals surface area contributed by atoms with Crippen molar-refractivity contribution in [2.24, 2.45) is 5.41 Å². The Morgan fingerprint density at radius 2 is 2.06 bits per heavy atom. The van der Waals surface area contributed by atoms with E-state index in [1.807, 2.05) is 12.1 Å². The number of aliphatic hydroxyl groups excluding tert-OH is 1. The first-order valence-electron chi connectivity index (χ1n) is 6.17. The molecule has 0 aliphatic rings. The Balaban J connectivity index is 2.57. The number of ether oxygens (including phenoxy) is 1. The first kappa shape index (κ1) is 14.6. The third-order valence-corrected chi connectivity index (χ3v) is 2.64. The van der Waals surface area contributed by atoms with Crippen molar-refractivity contribution in [2.45, 2.75) is 33.3 Å². The average molecular weight is 252 g/mol. The van der Waals surface area contributed by atoms with Crippen molar-refractivity contribution in [3.63, 3.8) is 0 Å². The topological polar surface area (TPSA) is 67.5 Å². The molecule has 0 heterocycles. The van der Waals surface area contributed by atoms with E-state index in [4.69, 9.17) is 10.5 Å². The van der Waals surface area contributed by atoms with Crippen molar-refractivity contribution in [1.82, 2.24) is 0 Å². The molecule has 0 bridgehead atoms. The highest BCUT2D eigenvalue weighted by atomic mass is 16.5. The van der Waals surface area contributed by atoms with E-state index in [1.165, 1.54) is 0 Å². The predicted octanol–water partition coefficient (Wildman–Crippen LogP) is 2.49. The molecule has 0 saturated carbocycles. The summed E-state index contributed by atoms with van der Waals surface area (Å²) >= 11 is 0. The largest absolute Gasteiger partial charge is 0.497 e. The number of hydrogen-bond donors (Lipinski definition) is 3. The summed E-state index contributed by atoms with van der Waals surface area (Å²) in [6.45, 7) is 6.80. The zero-order valence-corrected chi connectivity index (χ0v) is 11.7. The second-order valence-electron chi connectivity index (χ2n) is 5.75. The molecule has 4 nitrogen and oxygen atoms in total. The fourth-order valence-corrected chi connectivity index (χ4v) is 1.82. The fourth-order valence-electron chi connectivity index (χ4n) is 1.82. The number of aliphatic hydroxyl groups is 1. The van der Waals surface area contributed by atoms with Gasteiger partial charge in [-0.15, -0.1) is 0 Å². The molecule has 0 fully saturated rings. The zero-order valence-electron chi connectivity index (χ0n) is 11.7. The molecule has 0 saturated heterocycles. The summed E-state index contributed by atoms with van der Waals surface area (Å²) in [5.41, 5.74) is 7.42. The van der Waals surface area contributed by atoms with Gasteiger partial charge in [0.25, 0.3) is 0 Å². The van der Waals surface area contributed by atoms with E-state index in [0.717, 1.165) is 17.9 Å². The third kappa shape index (κ3) is 4.84. The van der Waals surface area contributed by atoms with Crippen LogP contribution in [0.15, 0.2) is 18.2 Å². The molecule has 18 heavy (non-hydrogen) atoms. The van der Waals surface area contributed by atoms with Gasteiger partial charge in [0.1, 0.15) is 5.75 Å². The van der Waals surface area contributed by atoms with Gasteiger partial charge in [-0.1, -0.05) is 20.8 Å². The van der Waals surface area contributed by atoms with Gasteiger partial charge in [-0.05, 0) is 24.0 Å². The molecule has 0 aliphatic carbocycles. The van der Waals surface area contributed by atoms with Crippen molar-refractivity contribution in [3.8, 4) is 5.75 Å². The Bertz CT molecular complexity index is 386. The molecule has 0 amide bonds. The monoisotopic (exact) mass is 252 g/mol. The molecule has 1 aromatic rings. The minimum absolute atomic E-state index is 0.112. The molecule has 1 aromatic carbocycles. The number of nitrogen functional groups attached to an aromatic ring is 1. The van der Waals surface area contributed by atoms with Crippen LogP contribution < -0.4 is 15.8 Å². The molecule has 0 aliphatic heterocycles. The van der Waals surface area contributed by atoms with E-state index in [0.29, 0.717) is 12.2 Å². The summed E-state index contributed by atoms with van der Waals surface area (Å²) in [5.74, 6) is 0.747. The van der Waals surface area contributed by atoms with Crippen LogP contribution >= 0.6 is 0 Å². The summed E-state index contributed by atoms with van der Waals surface area (Å²) in [6.07, 6.45) is 0.347. The lowest BCUT2D eigenvalue weighted by Gasteiger charge is -2.23. The van der Waals surface area contributed by atoms with Gasteiger partial charge in [0.15, 0.2) is 0 Å². The molecule has 0 radical (unpaired) electrons. The van der Waals surface area contributed by atoms with Gasteiger partial charge in [-0.2, -0.15) is 0 Å². The Kier molecular flexibility index (Phi) is 4.84. The summed E-state index contributed by atoms with van der Waals surface area (Å²) in [7, 11) is 1.61. The maximum atomic E-state index is 9.93. The molecule has 1 unspecified atom stereocenters. The van der Waals surface area contributed by atoms with Gasteiger partial charge in [-0.25, -0.2) is 0 Å². The highest BCUT2D eigenvalue weighted by molar-refractivity contribution is 5.68. The van der Waals surface area contributed by atoms with E-state index in [2.05, 4.69) is 26.1 Å². The van der Waals surface area contributed by atoms with Gasteiger partial charge in [0.2, 0.25) is 0 Å². The van der Waals surface area contributed by atoms with Crippen LogP contribution in [0.1, 0.15) is 27.2 Å². The Morgan fingerprint density at radius 1 is 1.39 bits per heavy atom. The Hall–Kier alpha value is -1.42. The number of nitrogens with two attached hydrogens (primary N) is 1. The predicted molar refractivity (Wildman–Crippen MR) is 76.0 cm³/mol. The summed E-state index contributed by atoms with van der Waals surface area (Å²) in [4.78, 5) is 0. The van der Waals surface area contributed by atoms with Crippen molar-refractivity contribution in [3.05, 3.63) is 18.2 Å². The number of nitrogens with one attached hydrogen (secondary N) is 1. The molecule has 102 valence electrons. The molecule has 0 spiro atoms. The van der Waals surface area contributed by atoms with E-state index < -0.39 is 6.10 Å². The lowest BCUT2D eigenvalue weighted by molar-refractivity contribution is 0.132. The van der Waals surface area contributed by atoms with Crippen LogP contribution in [0.5, 0.6) is 5.75 Å². The van der Waals surface area contributed by atoms with Crippen molar-refractivity contribution >= 4 is 11.4 Å². The second kappa shape index (κ2) is 5.96. The van der Waals surface area contributed by atoms with Gasteiger partial charge < -0.3 is 20.9 Å². The summed E-state index contributed by atoms with van der Waals surface area (Å²) in [5, 5.41) is 13.1. The van der Waals surface area contributed by atoms with Crippen LogP contribution in [0.2, 0.25) is 0 Å². The van der Waals surface area contributed by atoms with Crippen molar-refractivity contribution < 1.29 is 9.84 Å². The smallest absolute Gasteiger partial charge is 0.121 e. The quantitative estimate of drug-likeness (QED) is 0.704. The van der Waals surface area contributed by atoms with Crippen molar-refractivity contribution in [2.75, 3.05) is 24.7 Å². The van der Waals surface area contributed by atoms with Crippen LogP contribution in [0.25, 0.3) is 0 Å². The molecule has 0 aromatic heterocycles. The Labute approximate surface area is 109 Å². The number of anilines is 2. The van der Waals surface area contributed by atoms with Crippen LogP contribution in [0.4, 0.5) is 11.4 Å². The van der Waals surface area contributed by atoms with E-state index >= 15 is 0 Å². The highest BCUT2D eigenvalue weighted by Gasteiger charge is 2.16. The lowest BCUT2D eigenvalue weighted by atomic mass is 9.89. The maximum Gasteiger partial charge on any atom is 0.121 e. The van der Waals surface area contributed by atoms with Gasteiger partial charge >= 0.3 is 0 Å². The minimum atomic E-state index is -0.393. The number of methoxy groups -OCH3 is 1. The molecule has 4 N–H and O–H groups in total. The SMILES string of the molecule is COc1ccc(N)c(NCC(O)CC(C)(C)C)c1. The third-order valence-electron chi connectivity index (χ3n) is 2.64. The summed E-state index contributed by atoms with van der Waals surface area (Å²) < 4.78 is 5.14. The number of rotatable bonds is 5. The molecular formula is C14H24N2O2. The highest BCUT2D eigenvalue weighted by Crippen LogP contribution is 2.25. The standard InChI is InChI=1S/C14H24N2O2/c1-14(2,3)8-10(17)9-16-13-7-11(18-4)5-6-12(13)15/h5-7,10,16-17H,8-9,15H2,1-4H3. The van der Waals surface area contributed by atoms with Gasteiger partial charge in [0.05, 0.1) is 24.6 Å². The van der Waals surface area contributed by atoms with Crippen LogP contribution in [-0.4, -0.2) is 24.9 Å². The van der Waals surface area contributed by atoms with Crippen molar-refractivity contribution in [1.29, 1.82) is 0 Å². The first-order valence-corrected chi connectivity index (χ1v) is 6.17. The number of benzene rings is 1. The second-order valence-corrected chi connectivity index (χ2v) is 5.75. The Morgan fingerprint density at radius 3 is 2.61 bits per heavy atom. The van der Waals surface area contributed by atoms with Crippen LogP contribution in [0.3, 0.4) is 0 Å². The fraction of sp³-hybridized carbons (Fsp3) is 0.571. The maximum absolute atomic E-state index is 9.93. The first-order chi connectivity index (χ1) is 8.31. The zero-order chi connectivity index (χ0) is 13.8. The minimum Gasteiger partial charge on any atom is -0.497 e. The normalized spacial score (nSPS) is 13.2. The summed E-state index contributed by atoms with van der Waals surface area (Å²) in [6, 6.07) is 5.43. The van der Waals surface area contributed by atoms with E-state index in [1.54, 1.807) is 13.2 Å². The average Bonchev–Trinajstić information content (AvgIpc) is 2.25. The molecular weight excluding hydrogens is 228 g/mol. The van der Waals surface area contributed by atoms with E-state index in [9.17, 15) is 5.11 Å². The van der Waals surface area contributed by atoms with Crippen LogP contribution in [-0.2, 0) is 0 Å². The van der Waals surface area contributed by atoms with Gasteiger partial charge in [0, 0.05) is 12.6 Å². The van der Waals surface area contributed by atoms with Crippen LogP contribution in [0, 0.1) is 5.41 Å². The molecule has 1 rings (SSSR count). The molecule has 1 atom stereocenters. The molecule has 4 heteroatoms. The number of hydrogen-bond acceptors (Lipinski definition) is 4. The van der Waals surface area contributed by atoms with E-state index in [-0.39, 0.29) is 5.41 Å². The van der Waals surface area contributed by atoms with Gasteiger partial charge in [-0.3, -0.25) is 0 Å². The lowest BCUT2D eigenvalue weighted by Crippen LogP contribution is -2.25.